The molecule has 0 radical (unpaired) electrons. The molecule has 0 heterocycles. The lowest BCUT2D eigenvalue weighted by molar-refractivity contribution is -0.129. The minimum absolute atomic E-state index is 0.170. The van der Waals surface area contributed by atoms with E-state index in [1.165, 1.54) is 12.3 Å². The van der Waals surface area contributed by atoms with Gasteiger partial charge in [0.05, 0.1) is 12.8 Å². The number of hydrogen-bond acceptors (Lipinski definition) is 5. The van der Waals surface area contributed by atoms with Crippen molar-refractivity contribution in [1.29, 1.82) is 0 Å². The number of aryl methyl sites for hydroxylation is 1. The van der Waals surface area contributed by atoms with E-state index in [1.54, 1.807) is 24.3 Å². The normalized spacial score (nSPS) is 10.9. The molecule has 6 heteroatoms. The van der Waals surface area contributed by atoms with E-state index in [0.717, 1.165) is 11.1 Å². The summed E-state index contributed by atoms with van der Waals surface area (Å²) in [5, 5.41) is 4.01. The fourth-order valence-corrected chi connectivity index (χ4v) is 2.97. The van der Waals surface area contributed by atoms with Gasteiger partial charge in [0, 0.05) is 12.5 Å². The van der Waals surface area contributed by atoms with E-state index < -0.39 is 5.97 Å². The van der Waals surface area contributed by atoms with Crippen molar-refractivity contribution < 1.29 is 19.1 Å². The second-order valence-corrected chi connectivity index (χ2v) is 7.08. The summed E-state index contributed by atoms with van der Waals surface area (Å²) < 4.78 is 11.0. The number of nitrogens with one attached hydrogen (secondary N) is 1. The van der Waals surface area contributed by atoms with Gasteiger partial charge in [0.2, 0.25) is 5.91 Å². The molecule has 0 aliphatic rings. The Balaban J connectivity index is 1.56. The Morgan fingerprint density at radius 1 is 0.909 bits per heavy atom. The van der Waals surface area contributed by atoms with Crippen molar-refractivity contribution in [2.24, 2.45) is 5.10 Å². The Morgan fingerprint density at radius 2 is 1.64 bits per heavy atom. The van der Waals surface area contributed by atoms with Crippen molar-refractivity contribution >= 4 is 24.2 Å². The quantitative estimate of drug-likeness (QED) is 0.161. The van der Waals surface area contributed by atoms with Crippen LogP contribution >= 0.6 is 0 Å². The zero-order chi connectivity index (χ0) is 23.3. The minimum atomic E-state index is -0.507. The third-order valence-corrected chi connectivity index (χ3v) is 4.58. The average molecular weight is 443 g/mol. The van der Waals surface area contributed by atoms with Gasteiger partial charge in [0.25, 0.3) is 0 Å². The molecule has 0 unspecified atom stereocenters. The molecule has 0 atom stereocenters. The van der Waals surface area contributed by atoms with Crippen LogP contribution in [0.2, 0.25) is 0 Å². The first-order valence-corrected chi connectivity index (χ1v) is 10.7. The summed E-state index contributed by atoms with van der Waals surface area (Å²) in [4.78, 5) is 24.2. The van der Waals surface area contributed by atoms with E-state index in [9.17, 15) is 9.59 Å². The number of rotatable bonds is 10. The van der Waals surface area contributed by atoms with Crippen LogP contribution in [0.25, 0.3) is 6.08 Å². The van der Waals surface area contributed by atoms with Crippen molar-refractivity contribution in [3.8, 4) is 11.5 Å². The van der Waals surface area contributed by atoms with Gasteiger partial charge in [-0.05, 0) is 54.3 Å². The Bertz CT molecular complexity index is 1110. The van der Waals surface area contributed by atoms with Gasteiger partial charge in [-0.15, -0.1) is 0 Å². The molecule has 0 spiro atoms. The highest BCUT2D eigenvalue weighted by Crippen LogP contribution is 2.28. The fourth-order valence-electron chi connectivity index (χ4n) is 2.97. The number of nitrogens with zero attached hydrogens (tertiary/aromatic N) is 1. The molecule has 0 aromatic heterocycles. The number of hydrogen-bond donors (Lipinski definition) is 1. The Labute approximate surface area is 193 Å². The predicted octanol–water partition coefficient (Wildman–Crippen LogP) is 4.79. The van der Waals surface area contributed by atoms with E-state index in [-0.39, 0.29) is 5.91 Å². The van der Waals surface area contributed by atoms with Gasteiger partial charge in [-0.3, -0.25) is 4.79 Å². The van der Waals surface area contributed by atoms with E-state index in [0.29, 0.717) is 36.5 Å². The predicted molar refractivity (Wildman–Crippen MR) is 129 cm³/mol. The summed E-state index contributed by atoms with van der Waals surface area (Å²) in [6.07, 6.45) is 5.56. The van der Waals surface area contributed by atoms with Crippen molar-refractivity contribution in [2.45, 2.75) is 19.8 Å². The first kappa shape index (κ1) is 23.5. The third kappa shape index (κ3) is 8.10. The van der Waals surface area contributed by atoms with Gasteiger partial charge in [-0.1, -0.05) is 60.7 Å². The maximum absolute atomic E-state index is 12.2. The monoisotopic (exact) mass is 442 g/mol. The second-order valence-electron chi connectivity index (χ2n) is 7.08. The van der Waals surface area contributed by atoms with Crippen molar-refractivity contribution in [3.63, 3.8) is 0 Å². The highest BCUT2D eigenvalue weighted by atomic mass is 16.6. The SMILES string of the molecule is CCOc1cc(C=NNC(=O)CCc2ccccc2)ccc1OC(=O)/C=C/c1ccccc1. The molecule has 6 nitrogen and oxygen atoms in total. The van der Waals surface area contributed by atoms with Crippen LogP contribution in [-0.4, -0.2) is 24.7 Å². The molecule has 168 valence electrons. The smallest absolute Gasteiger partial charge is 0.336 e. The van der Waals surface area contributed by atoms with E-state index >= 15 is 0 Å². The molecular formula is C27H26N2O4. The van der Waals surface area contributed by atoms with Gasteiger partial charge >= 0.3 is 5.97 Å². The number of amides is 1. The standard InChI is InChI=1S/C27H26N2O4/c1-2-32-25-19-23(20-28-29-26(30)17-14-21-9-5-3-6-10-21)13-16-24(25)33-27(31)18-15-22-11-7-4-8-12-22/h3-13,15-16,18-20H,2,14,17H2,1H3,(H,29,30)/b18-15+,28-20?. The zero-order valence-electron chi connectivity index (χ0n) is 18.4. The first-order valence-electron chi connectivity index (χ1n) is 10.7. The summed E-state index contributed by atoms with van der Waals surface area (Å²) >= 11 is 0. The van der Waals surface area contributed by atoms with Crippen molar-refractivity contribution in [2.75, 3.05) is 6.61 Å². The topological polar surface area (TPSA) is 77.0 Å². The average Bonchev–Trinajstić information content (AvgIpc) is 2.84. The third-order valence-electron chi connectivity index (χ3n) is 4.58. The van der Waals surface area contributed by atoms with Gasteiger partial charge in [0.15, 0.2) is 11.5 Å². The lowest BCUT2D eigenvalue weighted by Gasteiger charge is -2.10. The molecule has 3 aromatic rings. The van der Waals surface area contributed by atoms with Crippen LogP contribution in [0.4, 0.5) is 0 Å². The molecule has 3 aromatic carbocycles. The van der Waals surface area contributed by atoms with Crippen LogP contribution in [0.5, 0.6) is 11.5 Å². The van der Waals surface area contributed by atoms with Crippen LogP contribution in [0.15, 0.2) is 90.0 Å². The molecule has 0 aliphatic heterocycles. The van der Waals surface area contributed by atoms with Crippen LogP contribution < -0.4 is 14.9 Å². The number of carbonyl (C=O) groups excluding carboxylic acids is 2. The van der Waals surface area contributed by atoms with E-state index in [1.807, 2.05) is 67.6 Å². The van der Waals surface area contributed by atoms with Gasteiger partial charge in [0.1, 0.15) is 0 Å². The molecule has 1 N–H and O–H groups in total. The molecule has 0 fully saturated rings. The minimum Gasteiger partial charge on any atom is -0.490 e. The lowest BCUT2D eigenvalue weighted by Crippen LogP contribution is -2.17. The van der Waals surface area contributed by atoms with Gasteiger partial charge in [-0.2, -0.15) is 5.10 Å². The summed E-state index contributed by atoms with van der Waals surface area (Å²) in [5.74, 6) is 0.0460. The highest BCUT2D eigenvalue weighted by Gasteiger charge is 2.09. The fraction of sp³-hybridized carbons (Fsp3) is 0.148. The zero-order valence-corrected chi connectivity index (χ0v) is 18.4. The summed E-state index contributed by atoms with van der Waals surface area (Å²) in [5.41, 5.74) is 5.22. The van der Waals surface area contributed by atoms with Gasteiger partial charge in [-0.25, -0.2) is 10.2 Å². The highest BCUT2D eigenvalue weighted by molar-refractivity contribution is 5.89. The van der Waals surface area contributed by atoms with E-state index in [2.05, 4.69) is 10.5 Å². The summed E-state index contributed by atoms with van der Waals surface area (Å²) in [6.45, 7) is 2.25. The number of ether oxygens (including phenoxy) is 2. The number of esters is 1. The Hall–Kier alpha value is -4.19. The van der Waals surface area contributed by atoms with Crippen molar-refractivity contribution in [1.82, 2.24) is 5.43 Å². The largest absolute Gasteiger partial charge is 0.490 e. The van der Waals surface area contributed by atoms with Crippen LogP contribution in [-0.2, 0) is 16.0 Å². The Kier molecular flexibility index (Phi) is 8.97. The molecule has 1 amide bonds. The van der Waals surface area contributed by atoms with Crippen LogP contribution in [0.3, 0.4) is 0 Å². The molecule has 0 bridgehead atoms. The molecule has 0 saturated carbocycles. The Morgan fingerprint density at radius 3 is 2.36 bits per heavy atom. The number of hydrazone groups is 1. The molecule has 33 heavy (non-hydrogen) atoms. The number of carbonyl (C=O) groups is 2. The molecule has 3 rings (SSSR count). The van der Waals surface area contributed by atoms with Crippen LogP contribution in [0, 0.1) is 0 Å². The first-order chi connectivity index (χ1) is 16.1. The molecular weight excluding hydrogens is 416 g/mol. The maximum atomic E-state index is 12.2. The summed E-state index contributed by atoms with van der Waals surface area (Å²) in [7, 11) is 0. The van der Waals surface area contributed by atoms with Crippen LogP contribution in [0.1, 0.15) is 30.0 Å². The van der Waals surface area contributed by atoms with E-state index in [4.69, 9.17) is 9.47 Å². The maximum Gasteiger partial charge on any atom is 0.336 e. The molecule has 0 saturated heterocycles. The number of benzene rings is 3. The second kappa shape index (κ2) is 12.6. The van der Waals surface area contributed by atoms with Gasteiger partial charge < -0.3 is 9.47 Å². The van der Waals surface area contributed by atoms with Crippen molar-refractivity contribution in [3.05, 3.63) is 102 Å². The summed E-state index contributed by atoms with van der Waals surface area (Å²) in [6, 6.07) is 24.3. The molecule has 0 aliphatic carbocycles. The lowest BCUT2D eigenvalue weighted by atomic mass is 10.1.